The summed E-state index contributed by atoms with van der Waals surface area (Å²) in [5.41, 5.74) is 2.23. The van der Waals surface area contributed by atoms with Gasteiger partial charge in [-0.3, -0.25) is 14.8 Å². The third kappa shape index (κ3) is 8.18. The third-order valence-electron chi connectivity index (χ3n) is 5.96. The standard InChI is InChI=1S/C26H35N3O4/c30-25(28-32)15-4-1-3-11-22(26(31)27-16-19-29-17-7-2-8-18-29)20-33-24-14-9-12-21-10-5-6-13-23(21)24/h5-6,9-14,32H,1-4,7-8,15-20H2,(H,27,31)(H,28,30). The molecule has 1 saturated heterocycles. The summed E-state index contributed by atoms with van der Waals surface area (Å²) in [7, 11) is 0. The zero-order valence-electron chi connectivity index (χ0n) is 19.2. The molecule has 0 radical (unpaired) electrons. The Hall–Kier alpha value is -2.90. The molecule has 33 heavy (non-hydrogen) atoms. The van der Waals surface area contributed by atoms with E-state index >= 15 is 0 Å². The van der Waals surface area contributed by atoms with Crippen molar-refractivity contribution in [2.24, 2.45) is 0 Å². The number of unbranched alkanes of at least 4 members (excludes halogenated alkanes) is 2. The van der Waals surface area contributed by atoms with Crippen LogP contribution in [0, 0.1) is 0 Å². The molecule has 3 N–H and O–H groups in total. The van der Waals surface area contributed by atoms with Gasteiger partial charge in [0, 0.05) is 24.9 Å². The Balaban J connectivity index is 1.57. The highest BCUT2D eigenvalue weighted by Crippen LogP contribution is 2.25. The fraction of sp³-hybridized carbons (Fsp3) is 0.462. The summed E-state index contributed by atoms with van der Waals surface area (Å²) in [5, 5.41) is 13.7. The molecule has 2 aromatic carbocycles. The first-order valence-corrected chi connectivity index (χ1v) is 11.9. The van der Waals surface area contributed by atoms with Gasteiger partial charge in [0.2, 0.25) is 11.8 Å². The van der Waals surface area contributed by atoms with Crippen LogP contribution >= 0.6 is 0 Å². The van der Waals surface area contributed by atoms with E-state index in [-0.39, 0.29) is 18.9 Å². The molecule has 2 amide bonds. The van der Waals surface area contributed by atoms with E-state index < -0.39 is 5.91 Å². The van der Waals surface area contributed by atoms with Crippen molar-refractivity contribution in [3.8, 4) is 5.75 Å². The Bertz CT molecular complexity index is 933. The highest BCUT2D eigenvalue weighted by molar-refractivity contribution is 5.94. The summed E-state index contributed by atoms with van der Waals surface area (Å²) in [6.07, 6.45) is 7.95. The van der Waals surface area contributed by atoms with Gasteiger partial charge in [0.1, 0.15) is 12.4 Å². The largest absolute Gasteiger partial charge is 0.488 e. The van der Waals surface area contributed by atoms with Gasteiger partial charge in [-0.25, -0.2) is 5.48 Å². The van der Waals surface area contributed by atoms with Crippen molar-refractivity contribution in [3.63, 3.8) is 0 Å². The number of ether oxygens (including phenoxy) is 1. The number of carbonyl (C=O) groups excluding carboxylic acids is 2. The molecule has 3 rings (SSSR count). The van der Waals surface area contributed by atoms with E-state index in [4.69, 9.17) is 9.94 Å². The first-order valence-electron chi connectivity index (χ1n) is 11.9. The maximum absolute atomic E-state index is 12.9. The van der Waals surface area contributed by atoms with Crippen LogP contribution in [-0.4, -0.2) is 54.7 Å². The number of hydrogen-bond donors (Lipinski definition) is 3. The topological polar surface area (TPSA) is 90.9 Å². The van der Waals surface area contributed by atoms with Crippen LogP contribution in [0.4, 0.5) is 0 Å². The SMILES string of the molecule is O=C(CCCCC=C(COc1cccc2ccccc12)C(=O)NCCN1CCCCC1)NO. The molecule has 0 bridgehead atoms. The van der Waals surface area contributed by atoms with Crippen molar-refractivity contribution in [2.75, 3.05) is 32.8 Å². The Kier molecular flexibility index (Phi) is 10.2. The fourth-order valence-electron chi connectivity index (χ4n) is 4.08. The van der Waals surface area contributed by atoms with Crippen molar-refractivity contribution in [2.45, 2.75) is 44.9 Å². The quantitative estimate of drug-likeness (QED) is 0.197. The Morgan fingerprint density at radius 3 is 2.64 bits per heavy atom. The third-order valence-corrected chi connectivity index (χ3v) is 5.96. The molecule has 0 unspecified atom stereocenters. The molecule has 0 aromatic heterocycles. The lowest BCUT2D eigenvalue weighted by Crippen LogP contribution is -2.38. The van der Waals surface area contributed by atoms with E-state index in [2.05, 4.69) is 10.2 Å². The molecule has 0 atom stereocenters. The van der Waals surface area contributed by atoms with Crippen molar-refractivity contribution in [1.82, 2.24) is 15.7 Å². The molecule has 1 fully saturated rings. The van der Waals surface area contributed by atoms with E-state index in [1.54, 1.807) is 5.48 Å². The number of carbonyl (C=O) groups is 2. The molecule has 0 aliphatic carbocycles. The maximum atomic E-state index is 12.9. The number of nitrogens with zero attached hydrogens (tertiary/aromatic N) is 1. The van der Waals surface area contributed by atoms with E-state index in [9.17, 15) is 9.59 Å². The summed E-state index contributed by atoms with van der Waals surface area (Å²) in [6.45, 7) is 3.86. The lowest BCUT2D eigenvalue weighted by Gasteiger charge is -2.26. The van der Waals surface area contributed by atoms with Gasteiger partial charge in [0.25, 0.3) is 0 Å². The molecule has 178 valence electrons. The summed E-state index contributed by atoms with van der Waals surface area (Å²) >= 11 is 0. The van der Waals surface area contributed by atoms with Gasteiger partial charge in [-0.1, -0.05) is 48.9 Å². The lowest BCUT2D eigenvalue weighted by atomic mass is 10.1. The summed E-state index contributed by atoms with van der Waals surface area (Å²) in [4.78, 5) is 26.5. The number of benzene rings is 2. The predicted octanol–water partition coefficient (Wildman–Crippen LogP) is 3.81. The van der Waals surface area contributed by atoms with Crippen LogP contribution in [-0.2, 0) is 9.59 Å². The molecule has 0 spiro atoms. The number of piperidine rings is 1. The molecule has 7 nitrogen and oxygen atoms in total. The second-order valence-corrected chi connectivity index (χ2v) is 8.43. The summed E-state index contributed by atoms with van der Waals surface area (Å²) < 4.78 is 6.07. The Labute approximate surface area is 195 Å². The number of fused-ring (bicyclic) bond motifs is 1. The van der Waals surface area contributed by atoms with Gasteiger partial charge < -0.3 is 15.0 Å². The highest BCUT2D eigenvalue weighted by Gasteiger charge is 2.13. The molecule has 0 saturated carbocycles. The fourth-order valence-corrected chi connectivity index (χ4v) is 4.08. The highest BCUT2D eigenvalue weighted by atomic mass is 16.5. The number of amides is 2. The van der Waals surface area contributed by atoms with Crippen molar-refractivity contribution in [3.05, 3.63) is 54.1 Å². The van der Waals surface area contributed by atoms with Gasteiger partial charge in [-0.05, 0) is 56.6 Å². The minimum Gasteiger partial charge on any atom is -0.488 e. The molecule has 7 heteroatoms. The van der Waals surface area contributed by atoms with Gasteiger partial charge in [-0.15, -0.1) is 0 Å². The van der Waals surface area contributed by atoms with Gasteiger partial charge in [-0.2, -0.15) is 0 Å². The molecule has 2 aromatic rings. The molecular formula is C26H35N3O4. The van der Waals surface area contributed by atoms with Crippen LogP contribution in [0.15, 0.2) is 54.1 Å². The molecule has 1 aliphatic heterocycles. The minimum atomic E-state index is -0.394. The maximum Gasteiger partial charge on any atom is 0.250 e. The first-order chi connectivity index (χ1) is 16.2. The van der Waals surface area contributed by atoms with Gasteiger partial charge >= 0.3 is 0 Å². The predicted molar refractivity (Wildman–Crippen MR) is 129 cm³/mol. The Morgan fingerprint density at radius 2 is 1.82 bits per heavy atom. The van der Waals surface area contributed by atoms with E-state index in [0.717, 1.165) is 42.6 Å². The van der Waals surface area contributed by atoms with E-state index in [1.165, 1.54) is 19.3 Å². The molecule has 1 aliphatic rings. The average Bonchev–Trinajstić information content (AvgIpc) is 2.86. The Morgan fingerprint density at radius 1 is 1.03 bits per heavy atom. The second kappa shape index (κ2) is 13.6. The van der Waals surface area contributed by atoms with Crippen molar-refractivity contribution < 1.29 is 19.5 Å². The number of rotatable bonds is 12. The van der Waals surface area contributed by atoms with Crippen LogP contribution in [0.1, 0.15) is 44.9 Å². The number of allylic oxidation sites excluding steroid dienone is 1. The van der Waals surface area contributed by atoms with Crippen molar-refractivity contribution in [1.29, 1.82) is 0 Å². The monoisotopic (exact) mass is 453 g/mol. The van der Waals surface area contributed by atoms with Crippen LogP contribution < -0.4 is 15.5 Å². The number of hydroxylamine groups is 1. The number of nitrogens with one attached hydrogen (secondary N) is 2. The smallest absolute Gasteiger partial charge is 0.250 e. The van der Waals surface area contributed by atoms with Crippen LogP contribution in [0.25, 0.3) is 10.8 Å². The average molecular weight is 454 g/mol. The van der Waals surface area contributed by atoms with E-state index in [1.807, 2.05) is 48.5 Å². The zero-order valence-corrected chi connectivity index (χ0v) is 19.2. The minimum absolute atomic E-state index is 0.111. The van der Waals surface area contributed by atoms with E-state index in [0.29, 0.717) is 25.0 Å². The lowest BCUT2D eigenvalue weighted by molar-refractivity contribution is -0.129. The van der Waals surface area contributed by atoms with Crippen LogP contribution in [0.5, 0.6) is 5.75 Å². The molecule has 1 heterocycles. The normalized spacial score (nSPS) is 14.8. The summed E-state index contributed by atoms with van der Waals surface area (Å²) in [6, 6.07) is 13.9. The number of likely N-dealkylation sites (tertiary alicyclic amines) is 1. The number of hydrogen-bond acceptors (Lipinski definition) is 5. The summed E-state index contributed by atoms with van der Waals surface area (Å²) in [5.74, 6) is 0.244. The van der Waals surface area contributed by atoms with Crippen LogP contribution in [0.3, 0.4) is 0 Å². The van der Waals surface area contributed by atoms with Gasteiger partial charge in [0.15, 0.2) is 0 Å². The van der Waals surface area contributed by atoms with Crippen molar-refractivity contribution >= 4 is 22.6 Å². The van der Waals surface area contributed by atoms with Crippen LogP contribution in [0.2, 0.25) is 0 Å². The zero-order chi connectivity index (χ0) is 23.3. The second-order valence-electron chi connectivity index (χ2n) is 8.43. The molecular weight excluding hydrogens is 418 g/mol. The van der Waals surface area contributed by atoms with Gasteiger partial charge in [0.05, 0.1) is 5.57 Å². The first kappa shape index (κ1) is 24.7.